The van der Waals surface area contributed by atoms with E-state index in [4.69, 9.17) is 4.74 Å². The minimum Gasteiger partial charge on any atom is -0.490 e. The number of aryl methyl sites for hydroxylation is 1. The predicted octanol–water partition coefficient (Wildman–Crippen LogP) is 2.45. The average Bonchev–Trinajstić information content (AvgIpc) is 2.96. The van der Waals surface area contributed by atoms with E-state index >= 15 is 0 Å². The molecule has 1 atom stereocenters. The number of ether oxygens (including phenoxy) is 1. The molecule has 1 aromatic rings. The second-order valence-corrected chi connectivity index (χ2v) is 6.29. The van der Waals surface area contributed by atoms with Crippen molar-refractivity contribution in [2.45, 2.75) is 32.3 Å². The van der Waals surface area contributed by atoms with Crippen molar-refractivity contribution < 1.29 is 4.74 Å². The zero-order valence-corrected chi connectivity index (χ0v) is 12.5. The van der Waals surface area contributed by atoms with Crippen LogP contribution >= 0.6 is 0 Å². The van der Waals surface area contributed by atoms with Gasteiger partial charge in [-0.3, -0.25) is 0 Å². The molecule has 3 nitrogen and oxygen atoms in total. The van der Waals surface area contributed by atoms with Gasteiger partial charge in [-0.25, -0.2) is 0 Å². The second-order valence-electron chi connectivity index (χ2n) is 6.29. The Morgan fingerprint density at radius 1 is 1.15 bits per heavy atom. The molecule has 2 fully saturated rings. The summed E-state index contributed by atoms with van der Waals surface area (Å²) in [4.78, 5) is 2.62. The summed E-state index contributed by atoms with van der Waals surface area (Å²) in [6.07, 6.45) is 4.07. The van der Waals surface area contributed by atoms with Crippen LogP contribution in [0, 0.1) is 12.8 Å². The van der Waals surface area contributed by atoms with Crippen molar-refractivity contribution in [3.8, 4) is 5.75 Å². The third-order valence-corrected chi connectivity index (χ3v) is 4.54. The van der Waals surface area contributed by atoms with Gasteiger partial charge in [0, 0.05) is 19.6 Å². The van der Waals surface area contributed by atoms with Crippen LogP contribution in [0.15, 0.2) is 24.3 Å². The number of nitrogens with zero attached hydrogens (tertiary/aromatic N) is 1. The van der Waals surface area contributed by atoms with Gasteiger partial charge in [0.15, 0.2) is 0 Å². The van der Waals surface area contributed by atoms with Gasteiger partial charge in [-0.15, -0.1) is 0 Å². The van der Waals surface area contributed by atoms with Crippen molar-refractivity contribution in [3.05, 3.63) is 29.8 Å². The summed E-state index contributed by atoms with van der Waals surface area (Å²) >= 11 is 0. The molecule has 1 aromatic carbocycles. The van der Waals surface area contributed by atoms with Crippen LogP contribution in [0.25, 0.3) is 0 Å². The molecule has 1 N–H and O–H groups in total. The van der Waals surface area contributed by atoms with E-state index in [0.717, 1.165) is 24.5 Å². The SMILES string of the molecule is Cc1ccc(OC2CCN(C[C@H]3CCNC3)CC2)cc1. The van der Waals surface area contributed by atoms with E-state index in [2.05, 4.69) is 41.4 Å². The number of likely N-dealkylation sites (tertiary alicyclic amines) is 1. The zero-order valence-electron chi connectivity index (χ0n) is 12.5. The molecule has 2 aliphatic heterocycles. The average molecular weight is 274 g/mol. The van der Waals surface area contributed by atoms with Gasteiger partial charge in [0.2, 0.25) is 0 Å². The van der Waals surface area contributed by atoms with Crippen molar-refractivity contribution in [1.29, 1.82) is 0 Å². The molecule has 2 heterocycles. The van der Waals surface area contributed by atoms with Crippen LogP contribution in [-0.4, -0.2) is 43.7 Å². The molecule has 0 amide bonds. The van der Waals surface area contributed by atoms with Crippen LogP contribution in [0.2, 0.25) is 0 Å². The largest absolute Gasteiger partial charge is 0.490 e. The Morgan fingerprint density at radius 3 is 2.55 bits per heavy atom. The van der Waals surface area contributed by atoms with E-state index < -0.39 is 0 Å². The monoisotopic (exact) mass is 274 g/mol. The maximum Gasteiger partial charge on any atom is 0.119 e. The molecule has 2 aliphatic rings. The first kappa shape index (κ1) is 13.9. The molecule has 20 heavy (non-hydrogen) atoms. The second kappa shape index (κ2) is 6.59. The van der Waals surface area contributed by atoms with Gasteiger partial charge in [0.1, 0.15) is 11.9 Å². The molecule has 0 spiro atoms. The lowest BCUT2D eigenvalue weighted by Gasteiger charge is -2.33. The minimum absolute atomic E-state index is 0.399. The first-order valence-electron chi connectivity index (χ1n) is 7.96. The Morgan fingerprint density at radius 2 is 1.90 bits per heavy atom. The van der Waals surface area contributed by atoms with Crippen LogP contribution in [0.1, 0.15) is 24.8 Å². The number of rotatable bonds is 4. The normalized spacial score (nSPS) is 24.9. The van der Waals surface area contributed by atoms with E-state index in [1.807, 2.05) is 0 Å². The van der Waals surface area contributed by atoms with Crippen molar-refractivity contribution in [2.24, 2.45) is 5.92 Å². The Hall–Kier alpha value is -1.06. The molecule has 3 heteroatoms. The highest BCUT2D eigenvalue weighted by Crippen LogP contribution is 2.20. The molecule has 110 valence electrons. The standard InChI is InChI=1S/C17H26N2O/c1-14-2-4-16(5-3-14)20-17-7-10-19(11-8-17)13-15-6-9-18-12-15/h2-5,15,17-18H,6-13H2,1H3/t15-/m0/s1. The number of hydrogen-bond acceptors (Lipinski definition) is 3. The van der Waals surface area contributed by atoms with Gasteiger partial charge < -0.3 is 15.0 Å². The van der Waals surface area contributed by atoms with Crippen LogP contribution in [0.3, 0.4) is 0 Å². The molecular weight excluding hydrogens is 248 g/mol. The van der Waals surface area contributed by atoms with Gasteiger partial charge in [0.05, 0.1) is 0 Å². The minimum atomic E-state index is 0.399. The van der Waals surface area contributed by atoms with Crippen LogP contribution < -0.4 is 10.1 Å². The molecule has 0 aliphatic carbocycles. The fourth-order valence-electron chi connectivity index (χ4n) is 3.25. The summed E-state index contributed by atoms with van der Waals surface area (Å²) in [6.45, 7) is 8.17. The predicted molar refractivity (Wildman–Crippen MR) is 82.2 cm³/mol. The number of benzene rings is 1. The number of hydrogen-bond donors (Lipinski definition) is 1. The molecule has 0 aromatic heterocycles. The smallest absolute Gasteiger partial charge is 0.119 e. The topological polar surface area (TPSA) is 24.5 Å². The fraction of sp³-hybridized carbons (Fsp3) is 0.647. The highest BCUT2D eigenvalue weighted by atomic mass is 16.5. The molecular formula is C17H26N2O. The van der Waals surface area contributed by atoms with Crippen LogP contribution in [0.5, 0.6) is 5.75 Å². The van der Waals surface area contributed by atoms with Gasteiger partial charge in [-0.2, -0.15) is 0 Å². The lowest BCUT2D eigenvalue weighted by Crippen LogP contribution is -2.40. The molecule has 2 saturated heterocycles. The van der Waals surface area contributed by atoms with E-state index in [1.165, 1.54) is 44.7 Å². The van der Waals surface area contributed by atoms with E-state index in [-0.39, 0.29) is 0 Å². The van der Waals surface area contributed by atoms with E-state index in [1.54, 1.807) is 0 Å². The Balaban J connectivity index is 1.42. The van der Waals surface area contributed by atoms with Gasteiger partial charge in [-0.1, -0.05) is 17.7 Å². The van der Waals surface area contributed by atoms with Crippen LogP contribution in [-0.2, 0) is 0 Å². The van der Waals surface area contributed by atoms with Gasteiger partial charge >= 0.3 is 0 Å². The first-order valence-corrected chi connectivity index (χ1v) is 7.96. The highest BCUT2D eigenvalue weighted by Gasteiger charge is 2.24. The number of nitrogens with one attached hydrogen (secondary N) is 1. The zero-order chi connectivity index (χ0) is 13.8. The van der Waals surface area contributed by atoms with E-state index in [9.17, 15) is 0 Å². The Bertz CT molecular complexity index is 404. The van der Waals surface area contributed by atoms with Gasteiger partial charge in [-0.05, 0) is 57.3 Å². The third-order valence-electron chi connectivity index (χ3n) is 4.54. The molecule has 0 radical (unpaired) electrons. The molecule has 0 unspecified atom stereocenters. The first-order chi connectivity index (χ1) is 9.79. The Kier molecular flexibility index (Phi) is 4.58. The summed E-state index contributed by atoms with van der Waals surface area (Å²) in [5, 5.41) is 3.46. The summed E-state index contributed by atoms with van der Waals surface area (Å²) < 4.78 is 6.09. The number of piperidine rings is 1. The summed E-state index contributed by atoms with van der Waals surface area (Å²) in [7, 11) is 0. The molecule has 0 saturated carbocycles. The molecule has 3 rings (SSSR count). The maximum absolute atomic E-state index is 6.09. The fourth-order valence-corrected chi connectivity index (χ4v) is 3.25. The van der Waals surface area contributed by atoms with Crippen molar-refractivity contribution in [3.63, 3.8) is 0 Å². The van der Waals surface area contributed by atoms with Gasteiger partial charge in [0.25, 0.3) is 0 Å². The van der Waals surface area contributed by atoms with Crippen molar-refractivity contribution >= 4 is 0 Å². The highest BCUT2D eigenvalue weighted by molar-refractivity contribution is 5.26. The lowest BCUT2D eigenvalue weighted by molar-refractivity contribution is 0.0927. The quantitative estimate of drug-likeness (QED) is 0.913. The third kappa shape index (κ3) is 3.74. The summed E-state index contributed by atoms with van der Waals surface area (Å²) in [5.74, 6) is 1.89. The maximum atomic E-state index is 6.09. The molecule has 0 bridgehead atoms. The summed E-state index contributed by atoms with van der Waals surface area (Å²) in [5.41, 5.74) is 1.29. The van der Waals surface area contributed by atoms with Crippen LogP contribution in [0.4, 0.5) is 0 Å². The van der Waals surface area contributed by atoms with Crippen molar-refractivity contribution in [1.82, 2.24) is 10.2 Å². The summed E-state index contributed by atoms with van der Waals surface area (Å²) in [6, 6.07) is 8.42. The van der Waals surface area contributed by atoms with E-state index in [0.29, 0.717) is 6.10 Å². The lowest BCUT2D eigenvalue weighted by atomic mass is 10.0. The van der Waals surface area contributed by atoms with Crippen molar-refractivity contribution in [2.75, 3.05) is 32.7 Å². The Labute approximate surface area is 122 Å².